The van der Waals surface area contributed by atoms with E-state index in [1.807, 2.05) is 19.9 Å². The zero-order valence-corrected chi connectivity index (χ0v) is 10.5. The summed E-state index contributed by atoms with van der Waals surface area (Å²) >= 11 is 4.93. The van der Waals surface area contributed by atoms with Crippen molar-refractivity contribution in [3.63, 3.8) is 0 Å². The summed E-state index contributed by atoms with van der Waals surface area (Å²) < 4.78 is 1.00. The minimum Gasteiger partial charge on any atom is -0.386 e. The maximum atomic E-state index is 9.89. The molecule has 0 aromatic carbocycles. The minimum absolute atomic E-state index is 0.306. The zero-order chi connectivity index (χ0) is 10.7. The summed E-state index contributed by atoms with van der Waals surface area (Å²) in [6, 6.07) is 4.01. The summed E-state index contributed by atoms with van der Waals surface area (Å²) in [5.41, 5.74) is 0. The van der Waals surface area contributed by atoms with E-state index in [0.29, 0.717) is 6.42 Å². The Labute approximate surface area is 96.3 Å². The van der Waals surface area contributed by atoms with E-state index in [4.69, 9.17) is 5.26 Å². The van der Waals surface area contributed by atoms with Crippen LogP contribution in [0.1, 0.15) is 29.2 Å². The van der Waals surface area contributed by atoms with E-state index in [9.17, 15) is 5.11 Å². The van der Waals surface area contributed by atoms with Crippen LogP contribution in [0.15, 0.2) is 10.5 Å². The molecule has 76 valence electrons. The molecule has 1 aromatic rings. The zero-order valence-electron chi connectivity index (χ0n) is 8.12. The van der Waals surface area contributed by atoms with E-state index in [-0.39, 0.29) is 5.92 Å². The van der Waals surface area contributed by atoms with Crippen molar-refractivity contribution in [1.82, 2.24) is 0 Å². The van der Waals surface area contributed by atoms with Crippen LogP contribution >= 0.6 is 27.3 Å². The fourth-order valence-corrected chi connectivity index (χ4v) is 2.82. The lowest BCUT2D eigenvalue weighted by Crippen LogP contribution is -2.07. The van der Waals surface area contributed by atoms with Gasteiger partial charge < -0.3 is 5.11 Å². The van der Waals surface area contributed by atoms with E-state index in [1.165, 1.54) is 11.3 Å². The van der Waals surface area contributed by atoms with Crippen LogP contribution in [0.2, 0.25) is 0 Å². The van der Waals surface area contributed by atoms with E-state index < -0.39 is 6.10 Å². The molecule has 1 N–H and O–H groups in total. The number of thiophene rings is 1. The second-order valence-corrected chi connectivity index (χ2v) is 5.28. The molecule has 0 radical (unpaired) electrons. The van der Waals surface area contributed by atoms with Crippen molar-refractivity contribution >= 4 is 27.3 Å². The Morgan fingerprint density at radius 2 is 2.36 bits per heavy atom. The third-order valence-corrected chi connectivity index (χ3v) is 4.36. The van der Waals surface area contributed by atoms with Crippen LogP contribution in [-0.2, 0) is 0 Å². The smallest absolute Gasteiger partial charge is 0.104 e. The monoisotopic (exact) mass is 273 g/mol. The van der Waals surface area contributed by atoms with Gasteiger partial charge in [0.05, 0.1) is 12.0 Å². The quantitative estimate of drug-likeness (QED) is 0.918. The van der Waals surface area contributed by atoms with Gasteiger partial charge in [0.2, 0.25) is 0 Å². The van der Waals surface area contributed by atoms with Gasteiger partial charge in [0.1, 0.15) is 6.10 Å². The highest BCUT2D eigenvalue weighted by atomic mass is 79.9. The largest absolute Gasteiger partial charge is 0.386 e. The highest BCUT2D eigenvalue weighted by Gasteiger charge is 2.21. The van der Waals surface area contributed by atoms with Gasteiger partial charge in [-0.1, -0.05) is 6.92 Å². The molecule has 2 atom stereocenters. The van der Waals surface area contributed by atoms with Gasteiger partial charge in [0, 0.05) is 14.2 Å². The molecule has 1 rings (SSSR count). The summed E-state index contributed by atoms with van der Waals surface area (Å²) in [6.45, 7) is 3.89. The summed E-state index contributed by atoms with van der Waals surface area (Å²) in [7, 11) is 0. The number of nitriles is 1. The molecule has 0 saturated carbocycles. The normalized spacial score (nSPS) is 14.8. The first kappa shape index (κ1) is 11.7. The fraction of sp³-hybridized carbons (Fsp3) is 0.500. The Bertz CT molecular complexity index is 336. The van der Waals surface area contributed by atoms with Crippen molar-refractivity contribution in [2.24, 2.45) is 5.92 Å². The number of aliphatic hydroxyl groups is 1. The molecule has 1 aromatic heterocycles. The first-order valence-corrected chi connectivity index (χ1v) is 6.04. The standard InChI is InChI=1S/C10H12BrNOS/c1-3-7(5-12)10(13)9-4-8(11)6(2)14-9/h4,7,10,13H,3H2,1-2H3. The molecule has 0 aliphatic rings. The predicted octanol–water partition coefficient (Wildman–Crippen LogP) is 3.40. The highest BCUT2D eigenvalue weighted by molar-refractivity contribution is 9.10. The van der Waals surface area contributed by atoms with E-state index >= 15 is 0 Å². The molecule has 2 unspecified atom stereocenters. The number of halogens is 1. The highest BCUT2D eigenvalue weighted by Crippen LogP contribution is 2.34. The molecule has 0 bridgehead atoms. The van der Waals surface area contributed by atoms with E-state index in [2.05, 4.69) is 22.0 Å². The van der Waals surface area contributed by atoms with Crippen molar-refractivity contribution in [3.05, 3.63) is 20.3 Å². The summed E-state index contributed by atoms with van der Waals surface area (Å²) in [5.74, 6) is -0.306. The van der Waals surface area contributed by atoms with Crippen LogP contribution in [-0.4, -0.2) is 5.11 Å². The van der Waals surface area contributed by atoms with Gasteiger partial charge >= 0.3 is 0 Å². The number of hydrogen-bond acceptors (Lipinski definition) is 3. The molecule has 0 amide bonds. The molecule has 4 heteroatoms. The second-order valence-electron chi connectivity index (χ2n) is 3.14. The van der Waals surface area contributed by atoms with Crippen molar-refractivity contribution in [2.45, 2.75) is 26.4 Å². The third-order valence-electron chi connectivity index (χ3n) is 2.15. The van der Waals surface area contributed by atoms with Crippen LogP contribution in [0, 0.1) is 24.2 Å². The van der Waals surface area contributed by atoms with Crippen molar-refractivity contribution < 1.29 is 5.11 Å². The lowest BCUT2D eigenvalue weighted by Gasteiger charge is -2.12. The van der Waals surface area contributed by atoms with E-state index in [1.54, 1.807) is 0 Å². The summed E-state index contributed by atoms with van der Waals surface area (Å²) in [6.07, 6.45) is 0.0201. The first-order chi connectivity index (χ1) is 6.60. The van der Waals surface area contributed by atoms with Crippen LogP contribution in [0.25, 0.3) is 0 Å². The first-order valence-electron chi connectivity index (χ1n) is 4.43. The summed E-state index contributed by atoms with van der Waals surface area (Å²) in [4.78, 5) is 2.00. The summed E-state index contributed by atoms with van der Waals surface area (Å²) in [5, 5.41) is 18.7. The molecular weight excluding hydrogens is 262 g/mol. The molecule has 0 spiro atoms. The molecule has 0 aliphatic carbocycles. The minimum atomic E-state index is -0.653. The van der Waals surface area contributed by atoms with Crippen LogP contribution in [0.4, 0.5) is 0 Å². The molecule has 1 heterocycles. The number of nitrogens with zero attached hydrogens (tertiary/aromatic N) is 1. The average Bonchev–Trinajstić information content (AvgIpc) is 2.49. The Kier molecular flexibility index (Phi) is 4.11. The number of aliphatic hydroxyl groups excluding tert-OH is 1. The Morgan fingerprint density at radius 1 is 1.71 bits per heavy atom. The van der Waals surface area contributed by atoms with Gasteiger partial charge in [-0.25, -0.2) is 0 Å². The topological polar surface area (TPSA) is 44.0 Å². The van der Waals surface area contributed by atoms with Gasteiger partial charge in [0.15, 0.2) is 0 Å². The molecular formula is C10H12BrNOS. The van der Waals surface area contributed by atoms with Crippen molar-refractivity contribution in [1.29, 1.82) is 5.26 Å². The lowest BCUT2D eigenvalue weighted by atomic mass is 10.0. The third kappa shape index (κ3) is 2.35. The Hall–Kier alpha value is -0.370. The molecule has 0 fully saturated rings. The second kappa shape index (κ2) is 4.92. The molecule has 0 saturated heterocycles. The predicted molar refractivity (Wildman–Crippen MR) is 61.1 cm³/mol. The Morgan fingerprint density at radius 3 is 2.71 bits per heavy atom. The van der Waals surface area contributed by atoms with Gasteiger partial charge in [-0.2, -0.15) is 5.26 Å². The van der Waals surface area contributed by atoms with Crippen molar-refractivity contribution in [2.75, 3.05) is 0 Å². The van der Waals surface area contributed by atoms with Crippen LogP contribution in [0.3, 0.4) is 0 Å². The average molecular weight is 274 g/mol. The maximum absolute atomic E-state index is 9.89. The van der Waals surface area contributed by atoms with Crippen LogP contribution < -0.4 is 0 Å². The van der Waals surface area contributed by atoms with E-state index in [0.717, 1.165) is 14.2 Å². The number of aryl methyl sites for hydroxylation is 1. The van der Waals surface area contributed by atoms with Crippen molar-refractivity contribution in [3.8, 4) is 6.07 Å². The SMILES string of the molecule is CCC(C#N)C(O)c1cc(Br)c(C)s1. The van der Waals surface area contributed by atoms with Gasteiger partial charge in [0.25, 0.3) is 0 Å². The Balaban J connectivity index is 2.89. The maximum Gasteiger partial charge on any atom is 0.104 e. The molecule has 14 heavy (non-hydrogen) atoms. The molecule has 0 aliphatic heterocycles. The number of hydrogen-bond donors (Lipinski definition) is 1. The van der Waals surface area contributed by atoms with Gasteiger partial charge in [-0.15, -0.1) is 11.3 Å². The van der Waals surface area contributed by atoms with Crippen LogP contribution in [0.5, 0.6) is 0 Å². The number of rotatable bonds is 3. The lowest BCUT2D eigenvalue weighted by molar-refractivity contribution is 0.136. The molecule has 2 nitrogen and oxygen atoms in total. The van der Waals surface area contributed by atoms with Gasteiger partial charge in [-0.3, -0.25) is 0 Å². The fourth-order valence-electron chi connectivity index (χ4n) is 1.21. The van der Waals surface area contributed by atoms with Gasteiger partial charge in [-0.05, 0) is 35.3 Å².